The summed E-state index contributed by atoms with van der Waals surface area (Å²) in [6.45, 7) is 0. The maximum atomic E-state index is 8.97. The zero-order valence-electron chi connectivity index (χ0n) is 7.53. The summed E-state index contributed by atoms with van der Waals surface area (Å²) in [5.41, 5.74) is 0. The molecule has 1 heterocycles. The van der Waals surface area contributed by atoms with Gasteiger partial charge in [0.2, 0.25) is 0 Å². The average Bonchev–Trinajstić information content (AvgIpc) is 2.17. The summed E-state index contributed by atoms with van der Waals surface area (Å²) in [4.78, 5) is 10.1. The van der Waals surface area contributed by atoms with E-state index in [1.54, 1.807) is 24.3 Å². The summed E-state index contributed by atoms with van der Waals surface area (Å²) in [6, 6.07) is 7.42. The molecule has 2 N–H and O–H groups in total. The number of para-hydroxylation sites is 1. The molecule has 1 aromatic carbocycles. The summed E-state index contributed by atoms with van der Waals surface area (Å²) in [6.07, 6.45) is 0. The molecule has 0 spiro atoms. The molecule has 0 atom stereocenters. The summed E-state index contributed by atoms with van der Waals surface area (Å²) >= 11 is 0. The van der Waals surface area contributed by atoms with E-state index in [-0.39, 0.29) is 6.01 Å². The van der Waals surface area contributed by atoms with Crippen LogP contribution in [0.25, 0.3) is 0 Å². The van der Waals surface area contributed by atoms with Crippen molar-refractivity contribution in [2.45, 2.75) is 0 Å². The molecule has 0 fully saturated rings. The van der Waals surface area contributed by atoms with E-state index in [0.717, 1.165) is 0 Å². The van der Waals surface area contributed by atoms with Crippen LogP contribution in [0.2, 0.25) is 0 Å². The van der Waals surface area contributed by atoms with Gasteiger partial charge in [-0.3, -0.25) is 0 Å². The third-order valence-corrected chi connectivity index (χ3v) is 1.54. The SMILES string of the molecule is Oc1nc(O)nc(Oc2ccccc2)n1. The first-order chi connectivity index (χ1) is 7.24. The molecule has 6 heteroatoms. The average molecular weight is 205 g/mol. The Bertz CT molecular complexity index is 441. The molecule has 76 valence electrons. The van der Waals surface area contributed by atoms with Crippen molar-refractivity contribution in [2.75, 3.05) is 0 Å². The standard InChI is InChI=1S/C9H7N3O3/c13-7-10-8(14)12-9(11-7)15-6-4-2-1-3-5-6/h1-5H,(H2,10,11,12,13,14). The number of aromatic nitrogens is 3. The fraction of sp³-hybridized carbons (Fsp3) is 0. The number of hydrogen-bond donors (Lipinski definition) is 2. The van der Waals surface area contributed by atoms with Gasteiger partial charge < -0.3 is 14.9 Å². The van der Waals surface area contributed by atoms with Crippen LogP contribution in [0.1, 0.15) is 0 Å². The Hall–Kier alpha value is -2.37. The van der Waals surface area contributed by atoms with E-state index in [9.17, 15) is 0 Å². The van der Waals surface area contributed by atoms with Crippen molar-refractivity contribution in [2.24, 2.45) is 0 Å². The number of nitrogens with zero attached hydrogens (tertiary/aromatic N) is 3. The van der Waals surface area contributed by atoms with Crippen LogP contribution in [-0.4, -0.2) is 25.2 Å². The Balaban J connectivity index is 2.25. The fourth-order valence-corrected chi connectivity index (χ4v) is 0.975. The lowest BCUT2D eigenvalue weighted by Gasteiger charge is -2.02. The van der Waals surface area contributed by atoms with Crippen LogP contribution in [0.3, 0.4) is 0 Å². The molecule has 0 unspecified atom stereocenters. The van der Waals surface area contributed by atoms with Gasteiger partial charge >= 0.3 is 18.0 Å². The lowest BCUT2D eigenvalue weighted by Crippen LogP contribution is -1.93. The molecule has 0 bridgehead atoms. The van der Waals surface area contributed by atoms with E-state index in [1.807, 2.05) is 6.07 Å². The molecule has 15 heavy (non-hydrogen) atoms. The smallest absolute Gasteiger partial charge is 0.331 e. The molecule has 0 aliphatic heterocycles. The van der Waals surface area contributed by atoms with Gasteiger partial charge in [0.1, 0.15) is 5.75 Å². The van der Waals surface area contributed by atoms with Crippen LogP contribution < -0.4 is 4.74 Å². The zero-order chi connectivity index (χ0) is 10.7. The maximum Gasteiger partial charge on any atom is 0.331 e. The molecule has 6 nitrogen and oxygen atoms in total. The second kappa shape index (κ2) is 3.79. The lowest BCUT2D eigenvalue weighted by molar-refractivity contribution is 0.350. The second-order valence-corrected chi connectivity index (χ2v) is 2.63. The van der Waals surface area contributed by atoms with Crippen LogP contribution in [-0.2, 0) is 0 Å². The Labute approximate surface area is 84.8 Å². The first-order valence-electron chi connectivity index (χ1n) is 4.11. The van der Waals surface area contributed by atoms with Crippen LogP contribution in [0.15, 0.2) is 30.3 Å². The molecule has 1 aromatic heterocycles. The first-order valence-corrected chi connectivity index (χ1v) is 4.11. The predicted molar refractivity (Wildman–Crippen MR) is 49.7 cm³/mol. The third kappa shape index (κ3) is 2.31. The molecule has 0 aliphatic carbocycles. The Kier molecular flexibility index (Phi) is 2.32. The molecule has 2 rings (SSSR count). The van der Waals surface area contributed by atoms with E-state index >= 15 is 0 Å². The maximum absolute atomic E-state index is 8.97. The molecular formula is C9H7N3O3. The van der Waals surface area contributed by atoms with Gasteiger partial charge in [-0.25, -0.2) is 0 Å². The number of rotatable bonds is 2. The van der Waals surface area contributed by atoms with Crippen molar-refractivity contribution >= 4 is 0 Å². The van der Waals surface area contributed by atoms with Gasteiger partial charge in [0.05, 0.1) is 0 Å². The van der Waals surface area contributed by atoms with Gasteiger partial charge in [0.15, 0.2) is 0 Å². The van der Waals surface area contributed by atoms with Crippen LogP contribution in [0.4, 0.5) is 0 Å². The van der Waals surface area contributed by atoms with Gasteiger partial charge in [-0.15, -0.1) is 15.0 Å². The largest absolute Gasteiger partial charge is 0.479 e. The van der Waals surface area contributed by atoms with Crippen molar-refractivity contribution < 1.29 is 14.9 Å². The highest BCUT2D eigenvalue weighted by molar-refractivity contribution is 5.24. The Morgan fingerprint density at radius 3 is 2.07 bits per heavy atom. The lowest BCUT2D eigenvalue weighted by atomic mass is 10.3. The molecular weight excluding hydrogens is 198 g/mol. The highest BCUT2D eigenvalue weighted by atomic mass is 16.5. The zero-order valence-corrected chi connectivity index (χ0v) is 7.53. The van der Waals surface area contributed by atoms with Crippen molar-refractivity contribution in [3.63, 3.8) is 0 Å². The molecule has 2 aromatic rings. The van der Waals surface area contributed by atoms with Crippen molar-refractivity contribution in [3.8, 4) is 23.8 Å². The number of benzene rings is 1. The molecule has 0 saturated heterocycles. The number of ether oxygens (including phenoxy) is 1. The predicted octanol–water partition coefficient (Wildman–Crippen LogP) is 1.08. The second-order valence-electron chi connectivity index (χ2n) is 2.63. The van der Waals surface area contributed by atoms with E-state index < -0.39 is 12.0 Å². The Morgan fingerprint density at radius 1 is 0.867 bits per heavy atom. The van der Waals surface area contributed by atoms with E-state index in [4.69, 9.17) is 14.9 Å². The number of aromatic hydroxyl groups is 2. The summed E-state index contributed by atoms with van der Waals surface area (Å²) < 4.78 is 5.16. The van der Waals surface area contributed by atoms with Crippen LogP contribution >= 0.6 is 0 Å². The van der Waals surface area contributed by atoms with E-state index in [1.165, 1.54) is 0 Å². The molecule has 0 aliphatic rings. The molecule has 0 amide bonds. The summed E-state index contributed by atoms with van der Waals surface area (Å²) in [5, 5.41) is 17.9. The van der Waals surface area contributed by atoms with Gasteiger partial charge in [0.25, 0.3) is 0 Å². The van der Waals surface area contributed by atoms with E-state index in [2.05, 4.69) is 15.0 Å². The highest BCUT2D eigenvalue weighted by Crippen LogP contribution is 2.19. The van der Waals surface area contributed by atoms with Gasteiger partial charge in [0, 0.05) is 0 Å². The minimum atomic E-state index is -0.589. The van der Waals surface area contributed by atoms with Gasteiger partial charge in [-0.2, -0.15) is 0 Å². The monoisotopic (exact) mass is 205 g/mol. The Morgan fingerprint density at radius 2 is 1.47 bits per heavy atom. The molecule has 0 radical (unpaired) electrons. The first kappa shape index (κ1) is 9.20. The van der Waals surface area contributed by atoms with Crippen LogP contribution in [0, 0.1) is 0 Å². The van der Waals surface area contributed by atoms with Crippen molar-refractivity contribution in [3.05, 3.63) is 30.3 Å². The van der Waals surface area contributed by atoms with E-state index in [0.29, 0.717) is 5.75 Å². The van der Waals surface area contributed by atoms with Crippen LogP contribution in [0.5, 0.6) is 23.8 Å². The quantitative estimate of drug-likeness (QED) is 0.762. The minimum Gasteiger partial charge on any atom is -0.479 e. The van der Waals surface area contributed by atoms with Gasteiger partial charge in [-0.05, 0) is 12.1 Å². The number of hydrogen-bond acceptors (Lipinski definition) is 6. The summed E-state index contributed by atoms with van der Waals surface area (Å²) in [7, 11) is 0. The summed E-state index contributed by atoms with van der Waals surface area (Å²) in [5.74, 6) is 0.502. The molecule has 0 saturated carbocycles. The minimum absolute atomic E-state index is 0.161. The normalized spacial score (nSPS) is 9.87. The van der Waals surface area contributed by atoms with Crippen molar-refractivity contribution in [1.29, 1.82) is 0 Å². The fourth-order valence-electron chi connectivity index (χ4n) is 0.975. The third-order valence-electron chi connectivity index (χ3n) is 1.54. The van der Waals surface area contributed by atoms with Crippen molar-refractivity contribution in [1.82, 2.24) is 15.0 Å². The van der Waals surface area contributed by atoms with Gasteiger partial charge in [-0.1, -0.05) is 18.2 Å². The highest BCUT2D eigenvalue weighted by Gasteiger charge is 2.05. The topological polar surface area (TPSA) is 88.4 Å².